The molecule has 0 bridgehead atoms. The monoisotopic (exact) mass is 333 g/mol. The predicted molar refractivity (Wildman–Crippen MR) is 85.6 cm³/mol. The second-order valence-corrected chi connectivity index (χ2v) is 8.66. The van der Waals surface area contributed by atoms with Gasteiger partial charge < -0.3 is 15.7 Å². The van der Waals surface area contributed by atoms with Crippen LogP contribution >= 0.6 is 11.5 Å². The van der Waals surface area contributed by atoms with Crippen LogP contribution in [-0.4, -0.2) is 42.3 Å². The highest BCUT2D eigenvalue weighted by Crippen LogP contribution is 2.37. The zero-order valence-corrected chi connectivity index (χ0v) is 14.1. The van der Waals surface area contributed by atoms with E-state index in [2.05, 4.69) is 4.37 Å². The Morgan fingerprint density at radius 1 is 1.43 bits per heavy atom. The summed E-state index contributed by atoms with van der Waals surface area (Å²) in [5.74, 6) is 0.174. The molecule has 0 aliphatic carbocycles. The van der Waals surface area contributed by atoms with Crippen molar-refractivity contribution in [3.8, 4) is 0 Å². The minimum absolute atomic E-state index is 0.0775. The molecule has 2 heterocycles. The Kier molecular flexibility index (Phi) is 4.79. The maximum atomic E-state index is 12.4. The molecule has 6 nitrogen and oxygen atoms in total. The molecule has 1 atom stereocenters. The van der Waals surface area contributed by atoms with Gasteiger partial charge in [0.15, 0.2) is 15.7 Å². The van der Waals surface area contributed by atoms with Crippen LogP contribution in [0.1, 0.15) is 39.5 Å². The number of hydrogen-bond acceptors (Lipinski definition) is 7. The van der Waals surface area contributed by atoms with Crippen LogP contribution in [0.3, 0.4) is 0 Å². The van der Waals surface area contributed by atoms with Gasteiger partial charge in [0.1, 0.15) is 9.90 Å². The summed E-state index contributed by atoms with van der Waals surface area (Å²) in [6, 6.07) is 0. The van der Waals surface area contributed by atoms with Crippen molar-refractivity contribution in [3.05, 3.63) is 0 Å². The number of nitrogens with zero attached hydrogens (tertiary/aromatic N) is 2. The lowest BCUT2D eigenvalue weighted by Crippen LogP contribution is -2.28. The van der Waals surface area contributed by atoms with E-state index in [0.717, 1.165) is 24.4 Å². The number of hydrogen-bond donors (Lipinski definition) is 2. The van der Waals surface area contributed by atoms with Crippen molar-refractivity contribution in [2.75, 3.05) is 29.5 Å². The zero-order valence-electron chi connectivity index (χ0n) is 12.5. The van der Waals surface area contributed by atoms with Gasteiger partial charge in [-0.25, -0.2) is 8.42 Å². The molecule has 1 aliphatic heterocycles. The molecule has 0 saturated carbocycles. The molecular weight excluding hydrogens is 310 g/mol. The Bertz CT molecular complexity index is 596. The number of nitrogens with two attached hydrogens (primary N) is 1. The van der Waals surface area contributed by atoms with Gasteiger partial charge in [-0.1, -0.05) is 6.92 Å². The second-order valence-electron chi connectivity index (χ2n) is 5.86. The molecule has 0 spiro atoms. The third-order valence-corrected chi connectivity index (χ3v) is 6.81. The first kappa shape index (κ1) is 16.5. The molecule has 3 N–H and O–H groups in total. The summed E-state index contributed by atoms with van der Waals surface area (Å²) in [7, 11) is -3.40. The molecule has 1 aromatic rings. The first-order valence-corrected chi connectivity index (χ1v) is 9.64. The Hall–Kier alpha value is -0.860. The Balaban J connectivity index is 2.33. The quantitative estimate of drug-likeness (QED) is 0.869. The molecule has 120 valence electrons. The third kappa shape index (κ3) is 3.67. The van der Waals surface area contributed by atoms with E-state index >= 15 is 0 Å². The molecule has 8 heteroatoms. The fraction of sp³-hybridized carbons (Fsp3) is 0.769. The summed E-state index contributed by atoms with van der Waals surface area (Å²) < 4.78 is 28.8. The molecule has 21 heavy (non-hydrogen) atoms. The Morgan fingerprint density at radius 2 is 2.14 bits per heavy atom. The van der Waals surface area contributed by atoms with Crippen molar-refractivity contribution < 1.29 is 13.5 Å². The summed E-state index contributed by atoms with van der Waals surface area (Å²) in [5, 5.41) is 10.8. The minimum Gasteiger partial charge on any atom is -0.390 e. The fourth-order valence-electron chi connectivity index (χ4n) is 2.62. The lowest BCUT2D eigenvalue weighted by molar-refractivity contribution is 0.0481. The van der Waals surface area contributed by atoms with E-state index in [-0.39, 0.29) is 16.5 Å². The fourth-order valence-corrected chi connectivity index (χ4v) is 5.43. The summed E-state index contributed by atoms with van der Waals surface area (Å²) in [4.78, 5) is 2.17. The van der Waals surface area contributed by atoms with Crippen LogP contribution in [0.15, 0.2) is 4.90 Å². The molecule has 1 saturated heterocycles. The highest BCUT2D eigenvalue weighted by Gasteiger charge is 2.31. The van der Waals surface area contributed by atoms with Gasteiger partial charge in [0.05, 0.1) is 11.4 Å². The van der Waals surface area contributed by atoms with E-state index in [0.29, 0.717) is 30.9 Å². The lowest BCUT2D eigenvalue weighted by Gasteiger charge is -2.23. The first-order chi connectivity index (χ1) is 9.77. The molecular formula is C13H23N3O3S2. The SMILES string of the molecule is CCCS(=O)(=O)c1c(N)nsc1N1CCCC(C)(O)CC1. The van der Waals surface area contributed by atoms with E-state index in [9.17, 15) is 13.5 Å². The van der Waals surface area contributed by atoms with Crippen LogP contribution < -0.4 is 10.6 Å². The Morgan fingerprint density at radius 3 is 2.81 bits per heavy atom. The van der Waals surface area contributed by atoms with Gasteiger partial charge in [0, 0.05) is 13.1 Å². The van der Waals surface area contributed by atoms with Crippen LogP contribution in [0.5, 0.6) is 0 Å². The number of aromatic nitrogens is 1. The van der Waals surface area contributed by atoms with Crippen molar-refractivity contribution >= 4 is 32.2 Å². The van der Waals surface area contributed by atoms with Crippen LogP contribution in [-0.2, 0) is 9.84 Å². The number of aliphatic hydroxyl groups is 1. The maximum absolute atomic E-state index is 12.4. The van der Waals surface area contributed by atoms with Gasteiger partial charge in [0.25, 0.3) is 0 Å². The largest absolute Gasteiger partial charge is 0.390 e. The van der Waals surface area contributed by atoms with Gasteiger partial charge in [-0.15, -0.1) is 0 Å². The molecule has 1 unspecified atom stereocenters. The van der Waals surface area contributed by atoms with Gasteiger partial charge in [-0.2, -0.15) is 4.37 Å². The summed E-state index contributed by atoms with van der Waals surface area (Å²) in [6.07, 6.45) is 2.69. The molecule has 1 aliphatic rings. The van der Waals surface area contributed by atoms with Crippen molar-refractivity contribution in [1.29, 1.82) is 0 Å². The number of sulfone groups is 1. The van der Waals surface area contributed by atoms with E-state index in [1.807, 2.05) is 18.7 Å². The highest BCUT2D eigenvalue weighted by atomic mass is 32.2. The topological polar surface area (TPSA) is 96.5 Å². The summed E-state index contributed by atoms with van der Waals surface area (Å²) >= 11 is 1.13. The molecule has 1 fully saturated rings. The Labute approximate surface area is 130 Å². The van der Waals surface area contributed by atoms with Crippen molar-refractivity contribution in [2.45, 2.75) is 50.0 Å². The van der Waals surface area contributed by atoms with E-state index in [1.165, 1.54) is 0 Å². The lowest BCUT2D eigenvalue weighted by atomic mass is 9.98. The number of nitrogen functional groups attached to an aromatic ring is 1. The third-order valence-electron chi connectivity index (χ3n) is 3.79. The number of rotatable bonds is 4. The maximum Gasteiger partial charge on any atom is 0.185 e. The van der Waals surface area contributed by atoms with Gasteiger partial charge in [-0.3, -0.25) is 0 Å². The van der Waals surface area contributed by atoms with Crippen LogP contribution in [0.2, 0.25) is 0 Å². The van der Waals surface area contributed by atoms with Crippen LogP contribution in [0.4, 0.5) is 10.8 Å². The normalized spacial score (nSPS) is 24.0. The first-order valence-electron chi connectivity index (χ1n) is 7.22. The van der Waals surface area contributed by atoms with E-state index < -0.39 is 15.4 Å². The van der Waals surface area contributed by atoms with Crippen molar-refractivity contribution in [2.24, 2.45) is 0 Å². The van der Waals surface area contributed by atoms with E-state index in [4.69, 9.17) is 5.73 Å². The standard InChI is InChI=1S/C13H23N3O3S2/c1-3-9-21(18,19)10-11(14)15-20-12(10)16-7-4-5-13(2,17)6-8-16/h17H,3-9H2,1-2H3,(H2,14,15). The van der Waals surface area contributed by atoms with Gasteiger partial charge in [0.2, 0.25) is 0 Å². The van der Waals surface area contributed by atoms with Crippen LogP contribution in [0, 0.1) is 0 Å². The predicted octanol–water partition coefficient (Wildman–Crippen LogP) is 1.65. The summed E-state index contributed by atoms with van der Waals surface area (Å²) in [6.45, 7) is 4.98. The summed E-state index contributed by atoms with van der Waals surface area (Å²) in [5.41, 5.74) is 5.11. The minimum atomic E-state index is -3.40. The molecule has 0 radical (unpaired) electrons. The number of anilines is 2. The molecule has 2 rings (SSSR count). The van der Waals surface area contributed by atoms with Crippen molar-refractivity contribution in [3.63, 3.8) is 0 Å². The molecule has 1 aromatic heterocycles. The average molecular weight is 333 g/mol. The highest BCUT2D eigenvalue weighted by molar-refractivity contribution is 7.91. The van der Waals surface area contributed by atoms with E-state index in [1.54, 1.807) is 0 Å². The van der Waals surface area contributed by atoms with Crippen molar-refractivity contribution in [1.82, 2.24) is 4.37 Å². The van der Waals surface area contributed by atoms with Crippen LogP contribution in [0.25, 0.3) is 0 Å². The van der Waals surface area contributed by atoms with Gasteiger partial charge >= 0.3 is 0 Å². The zero-order chi connectivity index (χ0) is 15.7. The average Bonchev–Trinajstić information content (AvgIpc) is 2.66. The van der Waals surface area contributed by atoms with Gasteiger partial charge in [-0.05, 0) is 44.1 Å². The molecule has 0 amide bonds. The second kappa shape index (κ2) is 6.10. The smallest absolute Gasteiger partial charge is 0.185 e. The molecule has 0 aromatic carbocycles.